The normalized spacial score (nSPS) is 27.1. The summed E-state index contributed by atoms with van der Waals surface area (Å²) < 4.78 is 40.7. The van der Waals surface area contributed by atoms with E-state index < -0.39 is 46.5 Å². The number of nitrogens with zero attached hydrogens (tertiary/aromatic N) is 2. The van der Waals surface area contributed by atoms with Gasteiger partial charge in [-0.1, -0.05) is 19.3 Å². The zero-order valence-corrected chi connectivity index (χ0v) is 21.1. The number of amides is 3. The lowest BCUT2D eigenvalue weighted by Gasteiger charge is -2.34. The molecule has 3 amide bonds. The summed E-state index contributed by atoms with van der Waals surface area (Å²) in [6.45, 7) is 3.61. The van der Waals surface area contributed by atoms with Crippen LogP contribution >= 0.6 is 0 Å². The molecule has 3 aliphatic heterocycles. The molecule has 3 saturated heterocycles. The smallest absolute Gasteiger partial charge is 0.421 e. The zero-order chi connectivity index (χ0) is 25.1. The lowest BCUT2D eigenvalue weighted by molar-refractivity contribution is -0.663. The Labute approximate surface area is 206 Å². The molecule has 2 bridgehead atoms. The van der Waals surface area contributed by atoms with E-state index in [4.69, 9.17) is 13.2 Å². The number of hydrogen-bond donors (Lipinski definition) is 2. The van der Waals surface area contributed by atoms with Crippen LogP contribution in [0.4, 0.5) is 4.79 Å². The molecular formula is C22H37N4O8S+. The van der Waals surface area contributed by atoms with Gasteiger partial charge in [-0.2, -0.15) is 13.5 Å². The van der Waals surface area contributed by atoms with Gasteiger partial charge in [-0.25, -0.2) is 8.98 Å². The van der Waals surface area contributed by atoms with Gasteiger partial charge < -0.3 is 20.3 Å². The van der Waals surface area contributed by atoms with Crippen molar-refractivity contribution in [1.29, 1.82) is 0 Å². The Morgan fingerprint density at radius 1 is 1.11 bits per heavy atom. The van der Waals surface area contributed by atoms with Crippen LogP contribution in [0, 0.1) is 5.41 Å². The van der Waals surface area contributed by atoms with Gasteiger partial charge in [0.25, 0.3) is 0 Å². The van der Waals surface area contributed by atoms with E-state index in [0.717, 1.165) is 50.3 Å². The van der Waals surface area contributed by atoms with E-state index in [-0.39, 0.29) is 25.1 Å². The minimum Gasteiger partial charge on any atom is -0.465 e. The number of piperidine rings is 2. The molecule has 0 radical (unpaired) electrons. The maximum absolute atomic E-state index is 13.0. The summed E-state index contributed by atoms with van der Waals surface area (Å²) in [5, 5.41) is 6.05. The van der Waals surface area contributed by atoms with E-state index >= 15 is 0 Å². The van der Waals surface area contributed by atoms with Gasteiger partial charge in [0, 0.05) is 25.4 Å². The number of hydrogen-bond acceptors (Lipinski definition) is 8. The first-order valence-electron chi connectivity index (χ1n) is 12.7. The number of rotatable bonds is 9. The fourth-order valence-electron chi connectivity index (χ4n) is 5.60. The van der Waals surface area contributed by atoms with E-state index in [1.165, 1.54) is 4.90 Å². The molecule has 3 N–H and O–H groups in total. The molecule has 13 heteroatoms. The maximum atomic E-state index is 13.0. The van der Waals surface area contributed by atoms with Gasteiger partial charge in [-0.3, -0.25) is 9.59 Å². The second-order valence-corrected chi connectivity index (χ2v) is 11.2. The molecule has 4 fully saturated rings. The average Bonchev–Trinajstić information content (AvgIpc) is 3.08. The van der Waals surface area contributed by atoms with Crippen LogP contribution in [-0.4, -0.2) is 87.3 Å². The van der Waals surface area contributed by atoms with Crippen molar-refractivity contribution in [3.05, 3.63) is 0 Å². The highest BCUT2D eigenvalue weighted by atomic mass is 32.3. The third kappa shape index (κ3) is 5.89. The zero-order valence-electron chi connectivity index (χ0n) is 20.3. The fourth-order valence-corrected chi connectivity index (χ4v) is 6.39. The fraction of sp³-hybridized carbons (Fsp3) is 0.864. The second-order valence-electron chi connectivity index (χ2n) is 9.96. The van der Waals surface area contributed by atoms with Crippen molar-refractivity contribution >= 4 is 28.3 Å². The summed E-state index contributed by atoms with van der Waals surface area (Å²) in [6, 6.07) is -1.73. The SMILES string of the molecule is CCOC(=O)C1(COS(=O)(=O)ON2C(=O)N3CC2CCC3C(=O)NC2CC[NH2+]CC2)CCCCC1. The molecule has 0 aromatic carbocycles. The first-order chi connectivity index (χ1) is 16.7. The van der Waals surface area contributed by atoms with Gasteiger partial charge in [-0.05, 0) is 32.6 Å². The summed E-state index contributed by atoms with van der Waals surface area (Å²) in [5.74, 6) is -0.683. The molecular weight excluding hydrogens is 480 g/mol. The number of quaternary nitrogens is 1. The highest BCUT2D eigenvalue weighted by molar-refractivity contribution is 7.81. The summed E-state index contributed by atoms with van der Waals surface area (Å²) in [6.07, 6.45) is 6.06. The van der Waals surface area contributed by atoms with Gasteiger partial charge in [0.15, 0.2) is 0 Å². The van der Waals surface area contributed by atoms with Crippen molar-refractivity contribution < 1.29 is 41.3 Å². The first-order valence-corrected chi connectivity index (χ1v) is 14.1. The molecule has 0 spiro atoms. The van der Waals surface area contributed by atoms with Gasteiger partial charge in [0.05, 0.1) is 37.8 Å². The minimum absolute atomic E-state index is 0.0931. The number of carbonyl (C=O) groups excluding carboxylic acids is 3. The van der Waals surface area contributed by atoms with Crippen LogP contribution in [0.3, 0.4) is 0 Å². The molecule has 198 valence electrons. The Morgan fingerprint density at radius 2 is 1.83 bits per heavy atom. The van der Waals surface area contributed by atoms with Crippen molar-refractivity contribution in [2.75, 3.05) is 32.8 Å². The third-order valence-electron chi connectivity index (χ3n) is 7.58. The van der Waals surface area contributed by atoms with Crippen molar-refractivity contribution in [2.45, 2.75) is 82.8 Å². The van der Waals surface area contributed by atoms with Crippen molar-refractivity contribution in [3.63, 3.8) is 0 Å². The van der Waals surface area contributed by atoms with E-state index in [2.05, 4.69) is 10.6 Å². The Morgan fingerprint density at radius 3 is 2.51 bits per heavy atom. The Bertz CT molecular complexity index is 901. The van der Waals surface area contributed by atoms with Crippen LogP contribution in [0.5, 0.6) is 0 Å². The quantitative estimate of drug-likeness (QED) is 0.400. The predicted octanol–water partition coefficient (Wildman–Crippen LogP) is -0.196. The summed E-state index contributed by atoms with van der Waals surface area (Å²) >= 11 is 0. The number of ether oxygens (including phenoxy) is 1. The number of nitrogens with one attached hydrogen (secondary N) is 1. The molecule has 1 aliphatic carbocycles. The second kappa shape index (κ2) is 11.0. The van der Waals surface area contributed by atoms with Gasteiger partial charge in [0.1, 0.15) is 6.04 Å². The topological polar surface area (TPSA) is 148 Å². The molecule has 1 saturated carbocycles. The van der Waals surface area contributed by atoms with Crippen LogP contribution < -0.4 is 10.6 Å². The standard InChI is InChI=1S/C22H36N4O8S/c1-2-32-20(28)22(10-4-3-5-11-22)15-33-35(30,31)34-26-17-6-7-18(25(14-17)21(26)29)19(27)24-16-8-12-23-13-9-16/h16-18,23H,2-15H2,1H3,(H,24,27)/p+1. The molecule has 3 heterocycles. The monoisotopic (exact) mass is 517 g/mol. The van der Waals surface area contributed by atoms with Gasteiger partial charge in [-0.15, -0.1) is 4.28 Å². The highest BCUT2D eigenvalue weighted by Gasteiger charge is 2.50. The van der Waals surface area contributed by atoms with Crippen LogP contribution in [-0.2, 0) is 33.2 Å². The molecule has 2 atom stereocenters. The average molecular weight is 518 g/mol. The summed E-state index contributed by atoms with van der Waals surface area (Å²) in [4.78, 5) is 39.8. The number of urea groups is 1. The van der Waals surface area contributed by atoms with Gasteiger partial charge in [0.2, 0.25) is 5.91 Å². The van der Waals surface area contributed by atoms with E-state index in [1.807, 2.05) is 0 Å². The van der Waals surface area contributed by atoms with Crippen molar-refractivity contribution in [1.82, 2.24) is 15.3 Å². The Balaban J connectivity index is 1.36. The minimum atomic E-state index is -4.62. The number of esters is 1. The van der Waals surface area contributed by atoms with Crippen LogP contribution in [0.15, 0.2) is 0 Å². The predicted molar refractivity (Wildman–Crippen MR) is 122 cm³/mol. The molecule has 2 unspecified atom stereocenters. The summed E-state index contributed by atoms with van der Waals surface area (Å²) in [5.41, 5.74) is -1.04. The van der Waals surface area contributed by atoms with E-state index in [1.54, 1.807) is 6.92 Å². The Hall–Kier alpha value is -1.96. The van der Waals surface area contributed by atoms with E-state index in [0.29, 0.717) is 25.7 Å². The molecule has 0 aromatic rings. The number of nitrogens with two attached hydrogens (primary N) is 1. The molecule has 4 aliphatic rings. The molecule has 4 rings (SSSR count). The highest BCUT2D eigenvalue weighted by Crippen LogP contribution is 2.39. The van der Waals surface area contributed by atoms with Crippen molar-refractivity contribution in [2.24, 2.45) is 5.41 Å². The largest absolute Gasteiger partial charge is 0.465 e. The first kappa shape index (κ1) is 26.1. The van der Waals surface area contributed by atoms with Crippen LogP contribution in [0.25, 0.3) is 0 Å². The lowest BCUT2D eigenvalue weighted by Crippen LogP contribution is -2.87. The molecule has 12 nitrogen and oxygen atoms in total. The Kier molecular flexibility index (Phi) is 8.19. The van der Waals surface area contributed by atoms with Gasteiger partial charge >= 0.3 is 22.4 Å². The maximum Gasteiger partial charge on any atom is 0.421 e. The lowest BCUT2D eigenvalue weighted by atomic mass is 9.75. The number of carbonyl (C=O) groups is 3. The van der Waals surface area contributed by atoms with E-state index in [9.17, 15) is 22.8 Å². The van der Waals surface area contributed by atoms with Crippen LogP contribution in [0.1, 0.15) is 64.7 Å². The number of hydroxylamine groups is 2. The summed E-state index contributed by atoms with van der Waals surface area (Å²) in [7, 11) is -4.62. The van der Waals surface area contributed by atoms with Crippen molar-refractivity contribution in [3.8, 4) is 0 Å². The molecule has 35 heavy (non-hydrogen) atoms. The third-order valence-corrected chi connectivity index (χ3v) is 8.33. The number of fused-ring (bicyclic) bond motifs is 2. The van der Waals surface area contributed by atoms with Crippen LogP contribution in [0.2, 0.25) is 0 Å². The molecule has 0 aromatic heterocycles.